The summed E-state index contributed by atoms with van der Waals surface area (Å²) in [7, 11) is 0. The van der Waals surface area contributed by atoms with Crippen LogP contribution in [0.25, 0.3) is 0 Å². The van der Waals surface area contributed by atoms with Gasteiger partial charge in [0.05, 0.1) is 18.4 Å². The summed E-state index contributed by atoms with van der Waals surface area (Å²) in [6, 6.07) is 7.80. The number of likely N-dealkylation sites (tertiary alicyclic amines) is 1. The summed E-state index contributed by atoms with van der Waals surface area (Å²) >= 11 is 3.40. The van der Waals surface area contributed by atoms with Gasteiger partial charge in [-0.2, -0.15) is 0 Å². The van der Waals surface area contributed by atoms with E-state index in [1.807, 2.05) is 24.3 Å². The molecular formula is C17H16BrNO2. The fraction of sp³-hybridized carbons (Fsp3) is 0.412. The molecular weight excluding hydrogens is 330 g/mol. The predicted octanol–water partition coefficient (Wildman–Crippen LogP) is 3.15. The van der Waals surface area contributed by atoms with Crippen molar-refractivity contribution in [2.45, 2.75) is 19.4 Å². The van der Waals surface area contributed by atoms with Crippen LogP contribution < -0.4 is 0 Å². The lowest BCUT2D eigenvalue weighted by molar-refractivity contribution is -0.140. The average molecular weight is 346 g/mol. The lowest BCUT2D eigenvalue weighted by atomic mass is 9.63. The molecule has 2 fully saturated rings. The maximum Gasteiger partial charge on any atom is 0.234 e. The highest BCUT2D eigenvalue weighted by molar-refractivity contribution is 9.10. The first-order chi connectivity index (χ1) is 10.1. The Labute approximate surface area is 132 Å². The molecule has 0 radical (unpaired) electrons. The van der Waals surface area contributed by atoms with Gasteiger partial charge in [-0.1, -0.05) is 40.2 Å². The van der Waals surface area contributed by atoms with Gasteiger partial charge in [0.1, 0.15) is 0 Å². The summed E-state index contributed by atoms with van der Waals surface area (Å²) in [5.74, 6) is 0.407. The molecule has 1 aliphatic heterocycles. The van der Waals surface area contributed by atoms with Crippen LogP contribution in [0.1, 0.15) is 18.4 Å². The van der Waals surface area contributed by atoms with Crippen LogP contribution in [0.3, 0.4) is 0 Å². The van der Waals surface area contributed by atoms with Gasteiger partial charge in [-0.3, -0.25) is 14.5 Å². The fourth-order valence-corrected chi connectivity index (χ4v) is 4.33. The Bertz CT molecular complexity index is 605. The molecule has 4 atom stereocenters. The van der Waals surface area contributed by atoms with E-state index < -0.39 is 0 Å². The minimum absolute atomic E-state index is 0.0342. The number of hydrogen-bond donors (Lipinski definition) is 0. The second kappa shape index (κ2) is 4.80. The normalized spacial score (nSPS) is 33.7. The predicted molar refractivity (Wildman–Crippen MR) is 82.0 cm³/mol. The molecule has 3 aliphatic carbocycles. The molecule has 0 N–H and O–H groups in total. The van der Waals surface area contributed by atoms with E-state index in [9.17, 15) is 9.59 Å². The average Bonchev–Trinajstić information content (AvgIpc) is 2.78. The van der Waals surface area contributed by atoms with Crippen molar-refractivity contribution >= 4 is 27.7 Å². The first-order valence-electron chi connectivity index (χ1n) is 7.43. The summed E-state index contributed by atoms with van der Waals surface area (Å²) in [5, 5.41) is 0. The molecule has 1 heterocycles. The number of allylic oxidation sites excluding steroid dienone is 2. The Balaban J connectivity index is 1.61. The number of carbonyl (C=O) groups is 2. The lowest BCUT2D eigenvalue weighted by Gasteiger charge is -2.38. The van der Waals surface area contributed by atoms with Gasteiger partial charge in [-0.05, 0) is 42.4 Å². The molecule has 1 aromatic carbocycles. The highest BCUT2D eigenvalue weighted by Gasteiger charge is 2.56. The maximum atomic E-state index is 12.7. The number of halogens is 1. The molecule has 2 bridgehead atoms. The number of nitrogens with zero attached hydrogens (tertiary/aromatic N) is 1. The van der Waals surface area contributed by atoms with Crippen LogP contribution in [-0.2, 0) is 16.1 Å². The number of imide groups is 1. The van der Waals surface area contributed by atoms with Crippen molar-refractivity contribution in [2.24, 2.45) is 23.7 Å². The third-order valence-electron chi connectivity index (χ3n) is 5.10. The molecule has 0 unspecified atom stereocenters. The number of hydrogen-bond acceptors (Lipinski definition) is 2. The number of benzene rings is 1. The van der Waals surface area contributed by atoms with E-state index >= 15 is 0 Å². The van der Waals surface area contributed by atoms with Crippen molar-refractivity contribution in [2.75, 3.05) is 0 Å². The minimum atomic E-state index is -0.100. The highest BCUT2D eigenvalue weighted by Crippen LogP contribution is 2.49. The standard InChI is InChI=1S/C17H16BrNO2/c18-13-7-1-10(2-8-13)9-19-16(20)14-11-3-4-12(6-5-11)15(14)17(19)21/h1-4,7-8,11-12,14-15H,5-6,9H2/t11-,12+,14-,15+. The van der Waals surface area contributed by atoms with Crippen LogP contribution in [-0.4, -0.2) is 16.7 Å². The lowest BCUT2D eigenvalue weighted by Crippen LogP contribution is -2.38. The SMILES string of the molecule is O=C1[C@@H]2[C@H](C(=O)N1Cc1ccc(Br)cc1)[C@@H]1C=C[C@H]2CC1. The Kier molecular flexibility index (Phi) is 3.03. The van der Waals surface area contributed by atoms with Crippen molar-refractivity contribution in [3.05, 3.63) is 46.5 Å². The van der Waals surface area contributed by atoms with Gasteiger partial charge in [-0.15, -0.1) is 0 Å². The van der Waals surface area contributed by atoms with Crippen LogP contribution in [0.15, 0.2) is 40.9 Å². The van der Waals surface area contributed by atoms with Gasteiger partial charge in [-0.25, -0.2) is 0 Å². The fourth-order valence-electron chi connectivity index (χ4n) is 4.06. The molecule has 108 valence electrons. The van der Waals surface area contributed by atoms with Crippen LogP contribution >= 0.6 is 15.9 Å². The Morgan fingerprint density at radius 3 is 1.95 bits per heavy atom. The van der Waals surface area contributed by atoms with Crippen LogP contribution in [0.4, 0.5) is 0 Å². The summed E-state index contributed by atoms with van der Waals surface area (Å²) in [6.45, 7) is 0.400. The molecule has 21 heavy (non-hydrogen) atoms. The molecule has 2 amide bonds. The van der Waals surface area contributed by atoms with E-state index in [0.29, 0.717) is 6.54 Å². The second-order valence-corrected chi connectivity index (χ2v) is 7.15. The minimum Gasteiger partial charge on any atom is -0.278 e. The van der Waals surface area contributed by atoms with Crippen LogP contribution in [0.5, 0.6) is 0 Å². The van der Waals surface area contributed by atoms with Gasteiger partial charge in [0.25, 0.3) is 0 Å². The van der Waals surface area contributed by atoms with E-state index in [-0.39, 0.29) is 35.5 Å². The Morgan fingerprint density at radius 1 is 0.952 bits per heavy atom. The van der Waals surface area contributed by atoms with Crippen molar-refractivity contribution < 1.29 is 9.59 Å². The van der Waals surface area contributed by atoms with Gasteiger partial charge in [0, 0.05) is 4.47 Å². The molecule has 1 saturated carbocycles. The molecule has 3 nitrogen and oxygen atoms in total. The highest BCUT2D eigenvalue weighted by atomic mass is 79.9. The van der Waals surface area contributed by atoms with Crippen molar-refractivity contribution in [3.63, 3.8) is 0 Å². The molecule has 0 aromatic heterocycles. The van der Waals surface area contributed by atoms with Crippen LogP contribution in [0, 0.1) is 23.7 Å². The number of carbonyl (C=O) groups excluding carboxylic acids is 2. The zero-order chi connectivity index (χ0) is 14.6. The van der Waals surface area contributed by atoms with Gasteiger partial charge < -0.3 is 0 Å². The third-order valence-corrected chi connectivity index (χ3v) is 5.63. The topological polar surface area (TPSA) is 37.4 Å². The molecule has 4 aliphatic rings. The zero-order valence-corrected chi connectivity index (χ0v) is 13.1. The molecule has 5 rings (SSSR count). The van der Waals surface area contributed by atoms with E-state index in [4.69, 9.17) is 0 Å². The van der Waals surface area contributed by atoms with Gasteiger partial charge >= 0.3 is 0 Å². The second-order valence-electron chi connectivity index (χ2n) is 6.23. The van der Waals surface area contributed by atoms with Gasteiger partial charge in [0.15, 0.2) is 0 Å². The van der Waals surface area contributed by atoms with Gasteiger partial charge in [0.2, 0.25) is 11.8 Å². The first kappa shape index (κ1) is 13.3. The van der Waals surface area contributed by atoms with Crippen molar-refractivity contribution in [1.82, 2.24) is 4.90 Å². The number of amides is 2. The van der Waals surface area contributed by atoms with E-state index in [2.05, 4.69) is 28.1 Å². The van der Waals surface area contributed by atoms with Crippen LogP contribution in [0.2, 0.25) is 0 Å². The Hall–Kier alpha value is -1.42. The molecule has 1 saturated heterocycles. The zero-order valence-electron chi connectivity index (χ0n) is 11.5. The third kappa shape index (κ3) is 2.00. The van der Waals surface area contributed by atoms with Crippen molar-refractivity contribution in [3.8, 4) is 0 Å². The first-order valence-corrected chi connectivity index (χ1v) is 8.22. The largest absolute Gasteiger partial charge is 0.278 e. The van der Waals surface area contributed by atoms with E-state index in [1.165, 1.54) is 4.90 Å². The molecule has 1 aromatic rings. The number of fused-ring (bicyclic) bond motifs is 1. The Morgan fingerprint density at radius 2 is 1.48 bits per heavy atom. The molecule has 0 spiro atoms. The summed E-state index contributed by atoms with van der Waals surface area (Å²) in [5.41, 5.74) is 0.999. The molecule has 4 heteroatoms. The van der Waals surface area contributed by atoms with Crippen molar-refractivity contribution in [1.29, 1.82) is 0 Å². The van der Waals surface area contributed by atoms with E-state index in [0.717, 1.165) is 22.9 Å². The van der Waals surface area contributed by atoms with E-state index in [1.54, 1.807) is 0 Å². The number of rotatable bonds is 2. The monoisotopic (exact) mass is 345 g/mol. The summed E-state index contributed by atoms with van der Waals surface area (Å²) < 4.78 is 1.00. The summed E-state index contributed by atoms with van der Waals surface area (Å²) in [6.07, 6.45) is 6.41. The summed E-state index contributed by atoms with van der Waals surface area (Å²) in [4.78, 5) is 26.8. The maximum absolute atomic E-state index is 12.7. The smallest absolute Gasteiger partial charge is 0.234 e. The quantitative estimate of drug-likeness (QED) is 0.609.